The maximum Gasteiger partial charge on any atom is 0.304 e. The largest absolute Gasteiger partial charge is 0.481 e. The van der Waals surface area contributed by atoms with E-state index in [-0.39, 0.29) is 59.9 Å². The molecule has 2 atom stereocenters. The van der Waals surface area contributed by atoms with Gasteiger partial charge in [-0.1, -0.05) is 100 Å². The second kappa shape index (κ2) is 27.0. The first kappa shape index (κ1) is 49.4. The number of amides is 3. The topological polar surface area (TPSA) is 212 Å². The highest BCUT2D eigenvalue weighted by Crippen LogP contribution is 2.32. The second-order valence-electron chi connectivity index (χ2n) is 17.3. The zero-order valence-electron chi connectivity index (χ0n) is 36.7. The van der Waals surface area contributed by atoms with Crippen LogP contribution in [0.1, 0.15) is 173 Å². The Balaban J connectivity index is 0.000000316. The van der Waals surface area contributed by atoms with Crippen molar-refractivity contribution in [2.24, 2.45) is 11.8 Å². The molecule has 0 spiro atoms. The molecule has 334 valence electrons. The van der Waals surface area contributed by atoms with Gasteiger partial charge in [-0.2, -0.15) is 9.97 Å². The van der Waals surface area contributed by atoms with Crippen LogP contribution in [-0.2, 0) is 9.59 Å². The van der Waals surface area contributed by atoms with Gasteiger partial charge < -0.3 is 33.8 Å². The maximum absolute atomic E-state index is 12.6. The zero-order valence-corrected chi connectivity index (χ0v) is 36.7. The van der Waals surface area contributed by atoms with Gasteiger partial charge >= 0.3 is 5.97 Å². The Morgan fingerprint density at radius 3 is 1.41 bits per heavy atom. The molecule has 2 aromatic rings. The van der Waals surface area contributed by atoms with Gasteiger partial charge in [0.1, 0.15) is 0 Å². The smallest absolute Gasteiger partial charge is 0.304 e. The number of carbonyl (C=O) groups excluding carboxylic acids is 3. The van der Waals surface area contributed by atoms with Crippen LogP contribution in [0.3, 0.4) is 0 Å². The normalized spacial score (nSPS) is 16.0. The van der Waals surface area contributed by atoms with Crippen LogP contribution in [0, 0.1) is 11.8 Å². The standard InChI is InChI=1S/C21H37N5O4.C21H36N4O4/c1-25(2)13-8-14-26(3)21(28)19-22-20(30-24-19)17(15-18(27)23-29)12-7-11-16-9-5-4-6-10-16;1-24(2)13-8-14-25(3)21(28)19-22-20(29-23-19)17(15-18(26)27)12-7-11-16-9-5-4-6-10-16/h16-17,29H,4-15H2,1-3H3,(H,23,27);16-17H,4-15H2,1-3H3,(H,26,27)/t2*17-/m11/s1. The first-order chi connectivity index (χ1) is 28.3. The molecule has 0 aliphatic heterocycles. The third-order valence-corrected chi connectivity index (χ3v) is 11.6. The van der Waals surface area contributed by atoms with E-state index in [0.717, 1.165) is 63.5 Å². The maximum atomic E-state index is 12.6. The molecule has 2 aliphatic rings. The van der Waals surface area contributed by atoms with Crippen molar-refractivity contribution in [3.05, 3.63) is 23.4 Å². The predicted molar refractivity (Wildman–Crippen MR) is 222 cm³/mol. The number of hydrogen-bond donors (Lipinski definition) is 3. The van der Waals surface area contributed by atoms with E-state index in [1.165, 1.54) is 64.2 Å². The predicted octanol–water partition coefficient (Wildman–Crippen LogP) is 6.23. The lowest BCUT2D eigenvalue weighted by Gasteiger charge is -2.22. The molecule has 0 unspecified atom stereocenters. The van der Waals surface area contributed by atoms with E-state index in [9.17, 15) is 24.3 Å². The van der Waals surface area contributed by atoms with Gasteiger partial charge in [0, 0.05) is 45.4 Å². The molecule has 17 nitrogen and oxygen atoms in total. The molecule has 2 aromatic heterocycles. The van der Waals surface area contributed by atoms with Gasteiger partial charge in [0.05, 0.1) is 6.42 Å². The van der Waals surface area contributed by atoms with Crippen molar-refractivity contribution in [2.45, 2.75) is 140 Å². The van der Waals surface area contributed by atoms with Crippen molar-refractivity contribution in [2.75, 3.05) is 68.5 Å². The van der Waals surface area contributed by atoms with Crippen molar-refractivity contribution in [3.63, 3.8) is 0 Å². The van der Waals surface area contributed by atoms with E-state index in [2.05, 4.69) is 30.1 Å². The fourth-order valence-electron chi connectivity index (χ4n) is 8.13. The van der Waals surface area contributed by atoms with Crippen LogP contribution in [0.15, 0.2) is 9.05 Å². The summed E-state index contributed by atoms with van der Waals surface area (Å²) in [6.45, 7) is 2.96. The molecular weight excluding hydrogens is 759 g/mol. The second-order valence-corrected chi connectivity index (χ2v) is 17.3. The average molecular weight is 832 g/mol. The number of aromatic nitrogens is 4. The SMILES string of the molecule is CN(C)CCCN(C)C(=O)c1noc([C@H](CCCC2CCCCC2)CC(=O)NO)n1.CN(C)CCCN(C)C(=O)c1noc([C@H](CCCC2CCCCC2)CC(=O)O)n1. The van der Waals surface area contributed by atoms with E-state index < -0.39 is 11.9 Å². The summed E-state index contributed by atoms with van der Waals surface area (Å²) in [7, 11) is 11.4. The van der Waals surface area contributed by atoms with E-state index in [1.54, 1.807) is 29.4 Å². The molecule has 0 radical (unpaired) electrons. The number of nitrogens with zero attached hydrogens (tertiary/aromatic N) is 8. The van der Waals surface area contributed by atoms with Crippen LogP contribution >= 0.6 is 0 Å². The quantitative estimate of drug-likeness (QED) is 0.0792. The summed E-state index contributed by atoms with van der Waals surface area (Å²) >= 11 is 0. The molecule has 0 aromatic carbocycles. The number of rotatable bonds is 24. The minimum Gasteiger partial charge on any atom is -0.481 e. The molecular formula is C42H73N9O8. The molecule has 59 heavy (non-hydrogen) atoms. The van der Waals surface area contributed by atoms with Crippen LogP contribution in [0.4, 0.5) is 0 Å². The number of aliphatic carboxylic acids is 1. The van der Waals surface area contributed by atoms with E-state index in [4.69, 9.17) is 14.3 Å². The molecule has 0 saturated heterocycles. The number of carboxylic acid groups (broad SMARTS) is 1. The van der Waals surface area contributed by atoms with E-state index >= 15 is 0 Å². The third-order valence-electron chi connectivity index (χ3n) is 11.6. The lowest BCUT2D eigenvalue weighted by Crippen LogP contribution is -2.30. The number of hydrogen-bond acceptors (Lipinski definition) is 13. The summed E-state index contributed by atoms with van der Waals surface area (Å²) in [4.78, 5) is 63.9. The Hall–Kier alpha value is -3.96. The Kier molecular flexibility index (Phi) is 22.6. The van der Waals surface area contributed by atoms with E-state index in [0.29, 0.717) is 25.9 Å². The fourth-order valence-corrected chi connectivity index (χ4v) is 8.13. The minimum atomic E-state index is -0.889. The van der Waals surface area contributed by atoms with Gasteiger partial charge in [0.15, 0.2) is 0 Å². The summed E-state index contributed by atoms with van der Waals surface area (Å²) in [5, 5.41) is 25.9. The summed E-state index contributed by atoms with van der Waals surface area (Å²) < 4.78 is 10.7. The van der Waals surface area contributed by atoms with Crippen LogP contribution in [0.5, 0.6) is 0 Å². The third kappa shape index (κ3) is 18.9. The molecule has 2 aliphatic carbocycles. The van der Waals surface area contributed by atoms with Crippen LogP contribution in [-0.4, -0.2) is 142 Å². The number of carbonyl (C=O) groups is 4. The van der Waals surface area contributed by atoms with Crippen LogP contribution in [0.2, 0.25) is 0 Å². The van der Waals surface area contributed by atoms with Crippen LogP contribution in [0.25, 0.3) is 0 Å². The first-order valence-electron chi connectivity index (χ1n) is 21.9. The van der Waals surface area contributed by atoms with Gasteiger partial charge in [0.25, 0.3) is 23.5 Å². The lowest BCUT2D eigenvalue weighted by molar-refractivity contribution is -0.137. The van der Waals surface area contributed by atoms with Crippen molar-refractivity contribution in [1.29, 1.82) is 0 Å². The van der Waals surface area contributed by atoms with Crippen molar-refractivity contribution in [3.8, 4) is 0 Å². The molecule has 4 rings (SSSR count). The molecule has 2 heterocycles. The Morgan fingerprint density at radius 2 is 1.03 bits per heavy atom. The van der Waals surface area contributed by atoms with Gasteiger partial charge in [-0.25, -0.2) is 5.48 Å². The van der Waals surface area contributed by atoms with Gasteiger partial charge in [-0.15, -0.1) is 0 Å². The molecule has 0 bridgehead atoms. The Labute approximate surface area is 350 Å². The Bertz CT molecular complexity index is 1520. The highest BCUT2D eigenvalue weighted by atomic mass is 16.5. The van der Waals surface area contributed by atoms with E-state index in [1.807, 2.05) is 28.2 Å². The highest BCUT2D eigenvalue weighted by Gasteiger charge is 2.28. The number of nitrogens with one attached hydrogen (secondary N) is 1. The molecule has 2 saturated carbocycles. The number of carboxylic acids is 1. The monoisotopic (exact) mass is 832 g/mol. The molecule has 3 amide bonds. The number of hydroxylamine groups is 1. The van der Waals surface area contributed by atoms with Gasteiger partial charge in [-0.05, 0) is 78.8 Å². The zero-order chi connectivity index (χ0) is 43.2. The van der Waals surface area contributed by atoms with Gasteiger partial charge in [0.2, 0.25) is 17.7 Å². The minimum absolute atomic E-state index is 0.00928. The average Bonchev–Trinajstić information content (AvgIpc) is 3.92. The summed E-state index contributed by atoms with van der Waals surface area (Å²) in [6, 6.07) is 0. The molecule has 17 heteroatoms. The molecule has 3 N–H and O–H groups in total. The summed E-state index contributed by atoms with van der Waals surface area (Å²) in [5.41, 5.74) is 1.68. The first-order valence-corrected chi connectivity index (χ1v) is 21.9. The Morgan fingerprint density at radius 1 is 0.627 bits per heavy atom. The molecule has 2 fully saturated rings. The summed E-state index contributed by atoms with van der Waals surface area (Å²) in [5.74, 6) is -0.553. The highest BCUT2D eigenvalue weighted by molar-refractivity contribution is 5.90. The van der Waals surface area contributed by atoms with Crippen molar-refractivity contribution < 1.29 is 38.5 Å². The lowest BCUT2D eigenvalue weighted by atomic mass is 9.84. The van der Waals surface area contributed by atoms with Crippen LogP contribution < -0.4 is 5.48 Å². The van der Waals surface area contributed by atoms with Crippen molar-refractivity contribution >= 4 is 23.7 Å². The fraction of sp³-hybridized carbons (Fsp3) is 0.810. The van der Waals surface area contributed by atoms with Gasteiger partial charge in [-0.3, -0.25) is 24.4 Å². The summed E-state index contributed by atoms with van der Waals surface area (Å²) in [6.07, 6.45) is 20.2. The van der Waals surface area contributed by atoms with Crippen molar-refractivity contribution in [1.82, 2.24) is 45.4 Å².